The van der Waals surface area contributed by atoms with Crippen molar-refractivity contribution in [2.75, 3.05) is 17.2 Å². The summed E-state index contributed by atoms with van der Waals surface area (Å²) in [5, 5.41) is 6.00. The molecule has 1 amide bonds. The lowest BCUT2D eigenvalue weighted by molar-refractivity contribution is 0.102. The first-order valence-corrected chi connectivity index (χ1v) is 7.17. The van der Waals surface area contributed by atoms with Gasteiger partial charge in [0.2, 0.25) is 0 Å². The van der Waals surface area contributed by atoms with Gasteiger partial charge in [0.15, 0.2) is 0 Å². The van der Waals surface area contributed by atoms with Gasteiger partial charge in [-0.15, -0.1) is 0 Å². The number of amides is 1. The molecular weight excluding hydrogens is 318 g/mol. The van der Waals surface area contributed by atoms with Gasteiger partial charge in [0.25, 0.3) is 5.91 Å². The monoisotopic (exact) mass is 333 g/mol. The second kappa shape index (κ2) is 6.52. The minimum absolute atomic E-state index is 0.177. The number of anilines is 2. The molecule has 0 fully saturated rings. The zero-order valence-electron chi connectivity index (χ0n) is 11.4. The number of hydrogen-bond donors (Lipinski definition) is 2. The summed E-state index contributed by atoms with van der Waals surface area (Å²) in [6.07, 6.45) is 1.67. The molecule has 0 saturated carbocycles. The van der Waals surface area contributed by atoms with E-state index in [0.29, 0.717) is 17.9 Å². The van der Waals surface area contributed by atoms with Crippen molar-refractivity contribution in [3.8, 4) is 0 Å². The van der Waals surface area contributed by atoms with Gasteiger partial charge < -0.3 is 10.6 Å². The van der Waals surface area contributed by atoms with Crippen molar-refractivity contribution in [3.63, 3.8) is 0 Å². The van der Waals surface area contributed by atoms with E-state index in [9.17, 15) is 4.79 Å². The van der Waals surface area contributed by atoms with Crippen LogP contribution in [-0.2, 0) is 0 Å². The van der Waals surface area contributed by atoms with E-state index in [1.807, 2.05) is 38.1 Å². The third-order valence-electron chi connectivity index (χ3n) is 2.84. The van der Waals surface area contributed by atoms with Gasteiger partial charge in [0.05, 0.1) is 5.56 Å². The van der Waals surface area contributed by atoms with Crippen molar-refractivity contribution in [1.29, 1.82) is 0 Å². The Kier molecular flexibility index (Phi) is 4.74. The number of hydrogen-bond acceptors (Lipinski definition) is 3. The smallest absolute Gasteiger partial charge is 0.259 e. The van der Waals surface area contributed by atoms with Crippen LogP contribution >= 0.6 is 15.9 Å². The van der Waals surface area contributed by atoms with Crippen LogP contribution in [0.25, 0.3) is 0 Å². The summed E-state index contributed by atoms with van der Waals surface area (Å²) in [6, 6.07) is 9.44. The number of aromatic nitrogens is 1. The van der Waals surface area contributed by atoms with Gasteiger partial charge in [0, 0.05) is 22.9 Å². The van der Waals surface area contributed by atoms with E-state index in [2.05, 4.69) is 31.5 Å². The molecular formula is C15H16BrN3O. The van der Waals surface area contributed by atoms with Gasteiger partial charge >= 0.3 is 0 Å². The predicted octanol–water partition coefficient (Wildman–Crippen LogP) is 3.84. The third-order valence-corrected chi connectivity index (χ3v) is 3.27. The van der Waals surface area contributed by atoms with E-state index in [1.54, 1.807) is 12.3 Å². The Balaban J connectivity index is 2.29. The summed E-state index contributed by atoms with van der Waals surface area (Å²) in [6.45, 7) is 4.63. The van der Waals surface area contributed by atoms with Crippen molar-refractivity contribution in [3.05, 3.63) is 52.1 Å². The van der Waals surface area contributed by atoms with Gasteiger partial charge in [-0.2, -0.15) is 0 Å². The van der Waals surface area contributed by atoms with Crippen LogP contribution in [0, 0.1) is 6.92 Å². The normalized spacial score (nSPS) is 10.2. The molecule has 20 heavy (non-hydrogen) atoms. The molecule has 0 aliphatic carbocycles. The Morgan fingerprint density at radius 2 is 2.10 bits per heavy atom. The van der Waals surface area contributed by atoms with Crippen molar-refractivity contribution in [2.24, 2.45) is 0 Å². The Hall–Kier alpha value is -1.88. The standard InChI is InChI=1S/C15H16BrN3O/c1-3-17-14-12(8-11(16)9-18-14)15(20)19-13-7-5-4-6-10(13)2/h4-9H,3H2,1-2H3,(H,17,18)(H,19,20). The van der Waals surface area contributed by atoms with Gasteiger partial charge in [0.1, 0.15) is 5.82 Å². The SMILES string of the molecule is CCNc1ncc(Br)cc1C(=O)Nc1ccccc1C. The summed E-state index contributed by atoms with van der Waals surface area (Å²) in [4.78, 5) is 16.6. The number of carbonyl (C=O) groups is 1. The summed E-state index contributed by atoms with van der Waals surface area (Å²) < 4.78 is 0.772. The van der Waals surface area contributed by atoms with E-state index < -0.39 is 0 Å². The minimum atomic E-state index is -0.177. The highest BCUT2D eigenvalue weighted by atomic mass is 79.9. The van der Waals surface area contributed by atoms with E-state index in [0.717, 1.165) is 15.7 Å². The molecule has 1 heterocycles. The Bertz CT molecular complexity index is 628. The predicted molar refractivity (Wildman–Crippen MR) is 85.2 cm³/mol. The second-order valence-corrected chi connectivity index (χ2v) is 5.26. The van der Waals surface area contributed by atoms with E-state index in [1.165, 1.54) is 0 Å². The van der Waals surface area contributed by atoms with Crippen LogP contribution in [0.2, 0.25) is 0 Å². The summed E-state index contributed by atoms with van der Waals surface area (Å²) in [5.41, 5.74) is 2.35. The van der Waals surface area contributed by atoms with E-state index in [4.69, 9.17) is 0 Å². The van der Waals surface area contributed by atoms with Gasteiger partial charge in [-0.1, -0.05) is 18.2 Å². The fraction of sp³-hybridized carbons (Fsp3) is 0.200. The molecule has 0 radical (unpaired) electrons. The molecule has 4 nitrogen and oxygen atoms in total. The lowest BCUT2D eigenvalue weighted by Gasteiger charge is -2.12. The molecule has 0 aliphatic heterocycles. The van der Waals surface area contributed by atoms with Crippen LogP contribution < -0.4 is 10.6 Å². The first kappa shape index (κ1) is 14.5. The van der Waals surface area contributed by atoms with Crippen molar-refractivity contribution >= 4 is 33.3 Å². The molecule has 5 heteroatoms. The molecule has 0 saturated heterocycles. The first-order valence-electron chi connectivity index (χ1n) is 6.38. The molecule has 1 aromatic carbocycles. The zero-order valence-corrected chi connectivity index (χ0v) is 13.0. The number of rotatable bonds is 4. The van der Waals surface area contributed by atoms with Crippen molar-refractivity contribution in [1.82, 2.24) is 4.98 Å². The Labute approximate surface area is 126 Å². The molecule has 0 bridgehead atoms. The van der Waals surface area contributed by atoms with Gasteiger partial charge in [-0.05, 0) is 47.5 Å². The lowest BCUT2D eigenvalue weighted by Crippen LogP contribution is -2.16. The fourth-order valence-electron chi connectivity index (χ4n) is 1.82. The first-order chi connectivity index (χ1) is 9.61. The van der Waals surface area contributed by atoms with Crippen LogP contribution in [0.1, 0.15) is 22.8 Å². The number of para-hydroxylation sites is 1. The van der Waals surface area contributed by atoms with Gasteiger partial charge in [-0.3, -0.25) is 4.79 Å². The molecule has 0 unspecified atom stereocenters. The average Bonchev–Trinajstić information content (AvgIpc) is 2.43. The van der Waals surface area contributed by atoms with Gasteiger partial charge in [-0.25, -0.2) is 4.98 Å². The molecule has 2 aromatic rings. The highest BCUT2D eigenvalue weighted by Crippen LogP contribution is 2.21. The van der Waals surface area contributed by atoms with Crippen molar-refractivity contribution in [2.45, 2.75) is 13.8 Å². The number of aryl methyl sites for hydroxylation is 1. The highest BCUT2D eigenvalue weighted by Gasteiger charge is 2.14. The van der Waals surface area contributed by atoms with Crippen LogP contribution in [0.15, 0.2) is 41.0 Å². The van der Waals surface area contributed by atoms with Crippen LogP contribution in [0.4, 0.5) is 11.5 Å². The highest BCUT2D eigenvalue weighted by molar-refractivity contribution is 9.10. The van der Waals surface area contributed by atoms with Crippen LogP contribution in [0.3, 0.4) is 0 Å². The van der Waals surface area contributed by atoms with Crippen molar-refractivity contribution < 1.29 is 4.79 Å². The number of halogens is 1. The number of carbonyl (C=O) groups excluding carboxylic acids is 1. The maximum Gasteiger partial charge on any atom is 0.259 e. The molecule has 2 rings (SSSR count). The topological polar surface area (TPSA) is 54.0 Å². The maximum absolute atomic E-state index is 12.4. The third kappa shape index (κ3) is 3.36. The second-order valence-electron chi connectivity index (χ2n) is 4.35. The quantitative estimate of drug-likeness (QED) is 0.893. The van der Waals surface area contributed by atoms with Crippen LogP contribution in [0.5, 0.6) is 0 Å². The lowest BCUT2D eigenvalue weighted by atomic mass is 10.2. The molecule has 0 atom stereocenters. The maximum atomic E-state index is 12.4. The Morgan fingerprint density at radius 1 is 1.35 bits per heavy atom. The molecule has 104 valence electrons. The van der Waals surface area contributed by atoms with E-state index >= 15 is 0 Å². The molecule has 0 aliphatic rings. The van der Waals surface area contributed by atoms with E-state index in [-0.39, 0.29) is 5.91 Å². The minimum Gasteiger partial charge on any atom is -0.370 e. The largest absolute Gasteiger partial charge is 0.370 e. The summed E-state index contributed by atoms with van der Waals surface area (Å²) in [7, 11) is 0. The zero-order chi connectivity index (χ0) is 14.5. The molecule has 1 aromatic heterocycles. The van der Waals surface area contributed by atoms with Crippen LogP contribution in [-0.4, -0.2) is 17.4 Å². The molecule has 2 N–H and O–H groups in total. The number of nitrogens with zero attached hydrogens (tertiary/aromatic N) is 1. The molecule has 0 spiro atoms. The number of pyridine rings is 1. The average molecular weight is 334 g/mol. The Morgan fingerprint density at radius 3 is 2.80 bits per heavy atom. The fourth-order valence-corrected chi connectivity index (χ4v) is 2.15. The summed E-state index contributed by atoms with van der Waals surface area (Å²) in [5.74, 6) is 0.408. The number of nitrogens with one attached hydrogen (secondary N) is 2. The number of benzene rings is 1. The summed E-state index contributed by atoms with van der Waals surface area (Å²) >= 11 is 3.35.